The summed E-state index contributed by atoms with van der Waals surface area (Å²) < 4.78 is 0. The molecule has 210 valence electrons. The van der Waals surface area contributed by atoms with E-state index < -0.39 is 6.04 Å². The third-order valence-electron chi connectivity index (χ3n) is 7.19. The molecule has 0 fully saturated rings. The van der Waals surface area contributed by atoms with Gasteiger partial charge in [0.25, 0.3) is 5.91 Å². The maximum atomic E-state index is 13.5. The Morgan fingerprint density at radius 3 is 2.35 bits per heavy atom. The summed E-state index contributed by atoms with van der Waals surface area (Å²) in [6.45, 7) is 7.70. The van der Waals surface area contributed by atoms with Crippen molar-refractivity contribution in [3.05, 3.63) is 102 Å². The second-order valence-electron chi connectivity index (χ2n) is 10.8. The van der Waals surface area contributed by atoms with Gasteiger partial charge in [-0.25, -0.2) is 4.98 Å². The van der Waals surface area contributed by atoms with Crippen molar-refractivity contribution in [1.29, 1.82) is 0 Å². The Kier molecular flexibility index (Phi) is 10.5. The molecule has 2 amide bonds. The van der Waals surface area contributed by atoms with E-state index in [1.807, 2.05) is 49.4 Å². The predicted molar refractivity (Wildman–Crippen MR) is 161 cm³/mol. The first-order chi connectivity index (χ1) is 19.4. The van der Waals surface area contributed by atoms with E-state index in [0.717, 1.165) is 47.0 Å². The summed E-state index contributed by atoms with van der Waals surface area (Å²) in [6, 6.07) is 21.0. The van der Waals surface area contributed by atoms with Crippen molar-refractivity contribution >= 4 is 22.6 Å². The number of aromatic nitrogens is 2. The Bertz CT molecular complexity index is 1360. The Balaban J connectivity index is 1.38. The first kappa shape index (κ1) is 29.0. The molecule has 4 rings (SSSR count). The Labute approximate surface area is 237 Å². The maximum absolute atomic E-state index is 13.5. The highest BCUT2D eigenvalue weighted by Gasteiger charge is 2.23. The molecular weight excluding hydrogens is 498 g/mol. The van der Waals surface area contributed by atoms with Gasteiger partial charge in [0.15, 0.2) is 0 Å². The van der Waals surface area contributed by atoms with E-state index in [1.165, 1.54) is 0 Å². The number of aromatic amines is 1. The highest BCUT2D eigenvalue weighted by atomic mass is 16.2. The highest BCUT2D eigenvalue weighted by Crippen LogP contribution is 2.24. The topological polar surface area (TPSA) is 98.9 Å². The standard InChI is InChI=1S/C33H41N5O2/c1-23(2)9-4-7-14-30(33(40)37-24(3)28-13-8-11-26-10-5-6-12-29(26)28)38-32(39)27-17-15-25(16-18-27)21-34-22-31-35-19-20-36-31/h5-6,8,10-13,15-20,23-24,30,34H,4,7,9,14,21-22H2,1-3H3,(H,35,36)(H,37,40)(H,38,39)/t24-,30-/m0/s1. The zero-order chi connectivity index (χ0) is 28.3. The molecule has 0 aliphatic carbocycles. The van der Waals surface area contributed by atoms with Gasteiger partial charge in [-0.2, -0.15) is 0 Å². The smallest absolute Gasteiger partial charge is 0.251 e. The minimum Gasteiger partial charge on any atom is -0.348 e. The second-order valence-corrected chi connectivity index (χ2v) is 10.8. The second kappa shape index (κ2) is 14.4. The summed E-state index contributed by atoms with van der Waals surface area (Å²) >= 11 is 0. The molecule has 3 aromatic carbocycles. The van der Waals surface area contributed by atoms with Crippen molar-refractivity contribution in [3.8, 4) is 0 Å². The Morgan fingerprint density at radius 1 is 0.850 bits per heavy atom. The van der Waals surface area contributed by atoms with Crippen LogP contribution in [-0.2, 0) is 17.9 Å². The van der Waals surface area contributed by atoms with Crippen molar-refractivity contribution in [2.24, 2.45) is 5.92 Å². The molecule has 1 aromatic heterocycles. The van der Waals surface area contributed by atoms with Crippen LogP contribution >= 0.6 is 0 Å². The average Bonchev–Trinajstić information content (AvgIpc) is 3.48. The fraction of sp³-hybridized carbons (Fsp3) is 0.364. The minimum absolute atomic E-state index is 0.155. The number of unbranched alkanes of at least 4 members (excludes halogenated alkanes) is 1. The van der Waals surface area contributed by atoms with Crippen LogP contribution in [0.5, 0.6) is 0 Å². The van der Waals surface area contributed by atoms with Gasteiger partial charge in [0.05, 0.1) is 12.6 Å². The molecule has 7 heteroatoms. The number of hydrogen-bond acceptors (Lipinski definition) is 4. The largest absolute Gasteiger partial charge is 0.348 e. The fourth-order valence-corrected chi connectivity index (χ4v) is 4.93. The van der Waals surface area contributed by atoms with Crippen molar-refractivity contribution in [2.45, 2.75) is 71.6 Å². The van der Waals surface area contributed by atoms with E-state index in [2.05, 4.69) is 64.0 Å². The normalized spacial score (nSPS) is 12.8. The van der Waals surface area contributed by atoms with Gasteiger partial charge in [-0.1, -0.05) is 87.7 Å². The summed E-state index contributed by atoms with van der Waals surface area (Å²) in [5, 5.41) is 11.8. The number of carbonyl (C=O) groups excluding carboxylic acids is 2. The van der Waals surface area contributed by atoms with E-state index in [4.69, 9.17) is 0 Å². The van der Waals surface area contributed by atoms with Gasteiger partial charge in [-0.3, -0.25) is 9.59 Å². The van der Waals surface area contributed by atoms with E-state index in [9.17, 15) is 9.59 Å². The Morgan fingerprint density at radius 2 is 1.60 bits per heavy atom. The van der Waals surface area contributed by atoms with E-state index in [1.54, 1.807) is 12.4 Å². The van der Waals surface area contributed by atoms with Crippen molar-refractivity contribution in [1.82, 2.24) is 25.9 Å². The molecule has 1 heterocycles. The van der Waals surface area contributed by atoms with Crippen LogP contribution in [0.3, 0.4) is 0 Å². The van der Waals surface area contributed by atoms with E-state index in [-0.39, 0.29) is 17.9 Å². The van der Waals surface area contributed by atoms with Gasteiger partial charge >= 0.3 is 0 Å². The van der Waals surface area contributed by atoms with Crippen LogP contribution in [0.4, 0.5) is 0 Å². The molecule has 0 spiro atoms. The molecule has 0 aliphatic heterocycles. The van der Waals surface area contributed by atoms with Crippen LogP contribution < -0.4 is 16.0 Å². The molecular formula is C33H41N5O2. The number of carbonyl (C=O) groups is 2. The molecule has 7 nitrogen and oxygen atoms in total. The van der Waals surface area contributed by atoms with E-state index >= 15 is 0 Å². The van der Waals surface area contributed by atoms with Crippen LogP contribution in [-0.4, -0.2) is 27.8 Å². The molecule has 0 aliphatic rings. The van der Waals surface area contributed by atoms with Gasteiger partial charge in [0.1, 0.15) is 11.9 Å². The molecule has 4 N–H and O–H groups in total. The SMILES string of the molecule is CC(C)CCCC[C@H](NC(=O)c1ccc(CNCc2ncc[nH]2)cc1)C(=O)N[C@@H](C)c1cccc2ccccc12. The summed E-state index contributed by atoms with van der Waals surface area (Å²) in [6.07, 6.45) is 7.12. The van der Waals surface area contributed by atoms with Crippen molar-refractivity contribution in [2.75, 3.05) is 0 Å². The molecule has 4 aromatic rings. The van der Waals surface area contributed by atoms with Gasteiger partial charge in [-0.05, 0) is 53.3 Å². The summed E-state index contributed by atoms with van der Waals surface area (Å²) in [5.41, 5.74) is 2.67. The van der Waals surface area contributed by atoms with Gasteiger partial charge < -0.3 is 20.9 Å². The fourth-order valence-electron chi connectivity index (χ4n) is 4.93. The van der Waals surface area contributed by atoms with Crippen LogP contribution in [0.25, 0.3) is 10.8 Å². The molecule has 2 atom stereocenters. The summed E-state index contributed by atoms with van der Waals surface area (Å²) in [5.74, 6) is 1.10. The third kappa shape index (κ3) is 8.26. The third-order valence-corrected chi connectivity index (χ3v) is 7.19. The van der Waals surface area contributed by atoms with Crippen molar-refractivity contribution in [3.63, 3.8) is 0 Å². The lowest BCUT2D eigenvalue weighted by molar-refractivity contribution is -0.123. The zero-order valence-corrected chi connectivity index (χ0v) is 23.7. The summed E-state index contributed by atoms with van der Waals surface area (Å²) in [7, 11) is 0. The number of hydrogen-bond donors (Lipinski definition) is 4. The van der Waals surface area contributed by atoms with Crippen LogP contribution in [0.1, 0.15) is 79.8 Å². The zero-order valence-electron chi connectivity index (χ0n) is 23.7. The van der Waals surface area contributed by atoms with Gasteiger partial charge in [0, 0.05) is 24.5 Å². The maximum Gasteiger partial charge on any atom is 0.251 e. The predicted octanol–water partition coefficient (Wildman–Crippen LogP) is 6.04. The summed E-state index contributed by atoms with van der Waals surface area (Å²) in [4.78, 5) is 34.0. The number of benzene rings is 3. The van der Waals surface area contributed by atoms with Crippen LogP contribution in [0.15, 0.2) is 79.1 Å². The first-order valence-corrected chi connectivity index (χ1v) is 14.3. The van der Waals surface area contributed by atoms with Crippen LogP contribution in [0, 0.1) is 5.92 Å². The van der Waals surface area contributed by atoms with Crippen molar-refractivity contribution < 1.29 is 9.59 Å². The first-order valence-electron chi connectivity index (χ1n) is 14.3. The Hall–Kier alpha value is -3.97. The number of nitrogens with one attached hydrogen (secondary N) is 4. The van der Waals surface area contributed by atoms with E-state index in [0.29, 0.717) is 31.0 Å². The number of rotatable bonds is 14. The number of H-pyrrole nitrogens is 1. The molecule has 40 heavy (non-hydrogen) atoms. The lowest BCUT2D eigenvalue weighted by Gasteiger charge is -2.23. The minimum atomic E-state index is -0.605. The number of fused-ring (bicyclic) bond motifs is 1. The van der Waals surface area contributed by atoms with Gasteiger partial charge in [-0.15, -0.1) is 0 Å². The molecule has 0 unspecified atom stereocenters. The molecule has 0 radical (unpaired) electrons. The molecule has 0 saturated heterocycles. The molecule has 0 bridgehead atoms. The number of amides is 2. The molecule has 0 saturated carbocycles. The average molecular weight is 540 g/mol. The van der Waals surface area contributed by atoms with Gasteiger partial charge in [0.2, 0.25) is 5.91 Å². The number of nitrogens with zero attached hydrogens (tertiary/aromatic N) is 1. The lowest BCUT2D eigenvalue weighted by Crippen LogP contribution is -2.47. The monoisotopic (exact) mass is 539 g/mol. The lowest BCUT2D eigenvalue weighted by atomic mass is 9.98. The number of imidazole rings is 1. The van der Waals surface area contributed by atoms with Crippen LogP contribution in [0.2, 0.25) is 0 Å². The highest BCUT2D eigenvalue weighted by molar-refractivity contribution is 5.97. The quantitative estimate of drug-likeness (QED) is 0.147.